The van der Waals surface area contributed by atoms with Crippen molar-refractivity contribution in [1.82, 2.24) is 5.17 Å². The molecule has 188 valence electrons. The molecule has 0 heterocycles. The van der Waals surface area contributed by atoms with Crippen LogP contribution in [-0.2, 0) is 19.0 Å². The van der Waals surface area contributed by atoms with E-state index in [1.54, 1.807) is 20.8 Å². The molecule has 34 heavy (non-hydrogen) atoms. The lowest BCUT2D eigenvalue weighted by Crippen LogP contribution is -2.45. The Morgan fingerprint density at radius 1 is 1.12 bits per heavy atom. The van der Waals surface area contributed by atoms with E-state index in [9.17, 15) is 19.6 Å². The predicted octanol–water partition coefficient (Wildman–Crippen LogP) is 4.29. The second kappa shape index (κ2) is 13.4. The van der Waals surface area contributed by atoms with Gasteiger partial charge in [0.15, 0.2) is 6.61 Å². The van der Waals surface area contributed by atoms with Gasteiger partial charge >= 0.3 is 18.0 Å². The minimum Gasteiger partial charge on any atom is -0.495 e. The minimum absolute atomic E-state index is 0.0130. The van der Waals surface area contributed by atoms with Crippen molar-refractivity contribution >= 4 is 23.7 Å². The van der Waals surface area contributed by atoms with Crippen LogP contribution in [0, 0.1) is 0 Å². The Labute approximate surface area is 200 Å². The first-order valence-corrected chi connectivity index (χ1v) is 10.7. The fourth-order valence-electron chi connectivity index (χ4n) is 2.57. The third-order valence-corrected chi connectivity index (χ3v) is 4.16. The van der Waals surface area contributed by atoms with Gasteiger partial charge in [0.1, 0.15) is 23.6 Å². The molecule has 1 N–H and O–H groups in total. The van der Waals surface area contributed by atoms with Crippen LogP contribution < -0.4 is 9.75 Å². The smallest absolute Gasteiger partial charge is 0.431 e. The number of carbonyl (C=O) groups excluding carboxylic acids is 3. The highest BCUT2D eigenvalue weighted by molar-refractivity contribution is 5.95. The molecule has 0 aliphatic heterocycles. The Bertz CT molecular complexity index is 916. The van der Waals surface area contributed by atoms with Gasteiger partial charge in [0.2, 0.25) is 0 Å². The first-order chi connectivity index (χ1) is 15.9. The van der Waals surface area contributed by atoms with Crippen molar-refractivity contribution in [2.45, 2.75) is 46.6 Å². The molecule has 10 heteroatoms. The molecule has 0 atom stereocenters. The number of benzene rings is 1. The predicted molar refractivity (Wildman–Crippen MR) is 126 cm³/mol. The first kappa shape index (κ1) is 28.7. The fourth-order valence-corrected chi connectivity index (χ4v) is 2.57. The van der Waals surface area contributed by atoms with E-state index < -0.39 is 30.2 Å². The molecular formula is C24H34N2O8. The molecule has 0 aliphatic carbocycles. The number of hydrazine groups is 1. The monoisotopic (exact) mass is 478 g/mol. The van der Waals surface area contributed by atoms with Gasteiger partial charge in [-0.15, -0.1) is 0 Å². The maximum absolute atomic E-state index is 12.6. The van der Waals surface area contributed by atoms with Crippen LogP contribution in [0.1, 0.15) is 51.4 Å². The molecule has 0 unspecified atom stereocenters. The van der Waals surface area contributed by atoms with E-state index in [-0.39, 0.29) is 23.6 Å². The van der Waals surface area contributed by atoms with Crippen LogP contribution in [0.5, 0.6) is 5.75 Å². The zero-order valence-corrected chi connectivity index (χ0v) is 20.8. The number of hydroxylamine groups is 1. The molecule has 1 aromatic rings. The lowest BCUT2D eigenvalue weighted by atomic mass is 10.1. The Morgan fingerprint density at radius 3 is 2.32 bits per heavy atom. The standard InChI is InChI=1S/C24H34N2O8/c1-8-10-11-17(9-2)15-32-21(27)16-33-22(28)18-12-13-20(31-7)19(14-18)26(25(6)30)23(29)34-24(3,4)5/h9-14,30H,8,15-16H2,1-7H3/b11-10-,17-9+. The molecule has 0 saturated heterocycles. The van der Waals surface area contributed by atoms with Crippen LogP contribution in [0.2, 0.25) is 0 Å². The largest absolute Gasteiger partial charge is 0.495 e. The van der Waals surface area contributed by atoms with E-state index in [0.29, 0.717) is 5.17 Å². The molecule has 0 saturated carbocycles. The molecule has 0 fully saturated rings. The van der Waals surface area contributed by atoms with Crippen molar-refractivity contribution in [3.63, 3.8) is 0 Å². The first-order valence-electron chi connectivity index (χ1n) is 10.7. The highest BCUT2D eigenvalue weighted by atomic mass is 16.6. The number of ether oxygens (including phenoxy) is 4. The van der Waals surface area contributed by atoms with Crippen LogP contribution in [0.25, 0.3) is 0 Å². The number of anilines is 1. The third-order valence-electron chi connectivity index (χ3n) is 4.16. The van der Waals surface area contributed by atoms with Gasteiger partial charge in [0.25, 0.3) is 0 Å². The number of hydrogen-bond donors (Lipinski definition) is 1. The van der Waals surface area contributed by atoms with Crippen molar-refractivity contribution in [2.75, 3.05) is 32.4 Å². The highest BCUT2D eigenvalue weighted by Gasteiger charge is 2.29. The summed E-state index contributed by atoms with van der Waals surface area (Å²) in [7, 11) is 2.57. The molecular weight excluding hydrogens is 444 g/mol. The van der Waals surface area contributed by atoms with Crippen LogP contribution in [0.4, 0.5) is 10.5 Å². The summed E-state index contributed by atoms with van der Waals surface area (Å²) in [5.74, 6) is -1.36. The van der Waals surface area contributed by atoms with E-state index in [4.69, 9.17) is 18.9 Å². The average Bonchev–Trinajstić information content (AvgIpc) is 2.76. The summed E-state index contributed by atoms with van der Waals surface area (Å²) < 4.78 is 20.7. The van der Waals surface area contributed by atoms with Crippen LogP contribution in [-0.4, -0.2) is 61.4 Å². The highest BCUT2D eigenvalue weighted by Crippen LogP contribution is 2.31. The normalized spacial score (nSPS) is 12.0. The van der Waals surface area contributed by atoms with Gasteiger partial charge in [0.05, 0.1) is 12.7 Å². The lowest BCUT2D eigenvalue weighted by molar-refractivity contribution is -0.146. The molecule has 0 bridgehead atoms. The van der Waals surface area contributed by atoms with Gasteiger partial charge in [0, 0.05) is 7.05 Å². The summed E-state index contributed by atoms with van der Waals surface area (Å²) in [6.45, 7) is 8.30. The fraction of sp³-hybridized carbons (Fsp3) is 0.458. The van der Waals surface area contributed by atoms with E-state index in [0.717, 1.165) is 17.0 Å². The number of nitrogens with zero attached hydrogens (tertiary/aromatic N) is 2. The molecule has 1 aromatic carbocycles. The number of esters is 2. The van der Waals surface area contributed by atoms with Crippen molar-refractivity contribution in [1.29, 1.82) is 0 Å². The topological polar surface area (TPSA) is 115 Å². The van der Waals surface area contributed by atoms with Crippen molar-refractivity contribution in [2.24, 2.45) is 0 Å². The number of allylic oxidation sites excluding steroid dienone is 2. The Morgan fingerprint density at radius 2 is 1.79 bits per heavy atom. The van der Waals surface area contributed by atoms with Crippen LogP contribution in [0.3, 0.4) is 0 Å². The molecule has 1 rings (SSSR count). The van der Waals surface area contributed by atoms with Gasteiger partial charge in [-0.05, 0) is 57.9 Å². The summed E-state index contributed by atoms with van der Waals surface area (Å²) >= 11 is 0. The number of methoxy groups -OCH3 is 1. The second-order valence-electron chi connectivity index (χ2n) is 8.08. The second-order valence-corrected chi connectivity index (χ2v) is 8.08. The number of rotatable bonds is 10. The Balaban J connectivity index is 2.97. The Hall–Kier alpha value is -3.37. The van der Waals surface area contributed by atoms with E-state index in [2.05, 4.69) is 0 Å². The van der Waals surface area contributed by atoms with E-state index >= 15 is 0 Å². The molecule has 0 aliphatic rings. The SMILES string of the molecule is C/C=C(\C=C/CC)COC(=O)COC(=O)c1ccc(OC)c(N(C(=O)OC(C)(C)C)N(C)O)c1. The zero-order chi connectivity index (χ0) is 25.9. The summed E-state index contributed by atoms with van der Waals surface area (Å²) in [6.07, 6.45) is 5.56. The summed E-state index contributed by atoms with van der Waals surface area (Å²) in [5, 5.41) is 11.3. The molecule has 1 amide bonds. The van der Waals surface area contributed by atoms with Crippen molar-refractivity contribution in [3.05, 3.63) is 47.6 Å². The van der Waals surface area contributed by atoms with E-state index in [1.807, 2.05) is 32.1 Å². The maximum atomic E-state index is 12.6. The maximum Gasteiger partial charge on any atom is 0.431 e. The van der Waals surface area contributed by atoms with Crippen molar-refractivity contribution in [3.8, 4) is 5.75 Å². The quantitative estimate of drug-likeness (QED) is 0.228. The summed E-state index contributed by atoms with van der Waals surface area (Å²) in [5.41, 5.74) is 0.0178. The van der Waals surface area contributed by atoms with Crippen LogP contribution in [0.15, 0.2) is 42.0 Å². The minimum atomic E-state index is -0.901. The van der Waals surface area contributed by atoms with Crippen molar-refractivity contribution < 1.29 is 38.5 Å². The molecule has 0 aromatic heterocycles. The number of carbonyl (C=O) groups is 3. The molecule has 10 nitrogen and oxygen atoms in total. The average molecular weight is 479 g/mol. The van der Waals surface area contributed by atoms with Gasteiger partial charge in [-0.1, -0.05) is 30.3 Å². The molecule has 0 radical (unpaired) electrons. The van der Waals surface area contributed by atoms with Gasteiger partial charge in [-0.25, -0.2) is 14.4 Å². The third kappa shape index (κ3) is 9.24. The van der Waals surface area contributed by atoms with Gasteiger partial charge < -0.3 is 18.9 Å². The summed E-state index contributed by atoms with van der Waals surface area (Å²) in [6, 6.07) is 4.09. The Kier molecular flexibility index (Phi) is 11.3. The van der Waals surface area contributed by atoms with Crippen LogP contribution >= 0.6 is 0 Å². The number of amides is 1. The zero-order valence-electron chi connectivity index (χ0n) is 20.8. The van der Waals surface area contributed by atoms with Gasteiger partial charge in [-0.3, -0.25) is 5.21 Å². The number of hydrogen-bond acceptors (Lipinski definition) is 9. The summed E-state index contributed by atoms with van der Waals surface area (Å²) in [4.78, 5) is 37.1. The van der Waals surface area contributed by atoms with Gasteiger partial charge in [-0.2, -0.15) is 5.01 Å². The molecule has 0 spiro atoms. The van der Waals surface area contributed by atoms with E-state index in [1.165, 1.54) is 32.4 Å². The lowest BCUT2D eigenvalue weighted by Gasteiger charge is -2.30.